The molecule has 0 atom stereocenters. The molecule has 0 aliphatic rings. The molecule has 0 amide bonds. The molecule has 0 saturated carbocycles. The largest absolute Gasteiger partial charge is 0.496 e. The van der Waals surface area contributed by atoms with Crippen molar-refractivity contribution in [3.63, 3.8) is 0 Å². The SMILES string of the molecule is COc1cc(C)cc(F)c1CC(=O)C(F)(F)F. The van der Waals surface area contributed by atoms with E-state index in [0.29, 0.717) is 5.56 Å². The van der Waals surface area contributed by atoms with Gasteiger partial charge < -0.3 is 4.74 Å². The third-order valence-electron chi connectivity index (χ3n) is 2.17. The van der Waals surface area contributed by atoms with Crippen molar-refractivity contribution in [1.29, 1.82) is 0 Å². The van der Waals surface area contributed by atoms with Crippen LogP contribution >= 0.6 is 0 Å². The Morgan fingerprint density at radius 2 is 1.94 bits per heavy atom. The molecule has 0 unspecified atom stereocenters. The first-order valence-electron chi connectivity index (χ1n) is 4.68. The number of hydrogen-bond acceptors (Lipinski definition) is 2. The normalized spacial score (nSPS) is 11.4. The van der Waals surface area contributed by atoms with Gasteiger partial charge in [-0.2, -0.15) is 13.2 Å². The van der Waals surface area contributed by atoms with Gasteiger partial charge in [-0.05, 0) is 24.6 Å². The Hall–Kier alpha value is -1.59. The summed E-state index contributed by atoms with van der Waals surface area (Å²) in [6.45, 7) is 1.57. The van der Waals surface area contributed by atoms with E-state index in [0.717, 1.165) is 6.07 Å². The summed E-state index contributed by atoms with van der Waals surface area (Å²) in [6, 6.07) is 2.43. The van der Waals surface area contributed by atoms with Crippen LogP contribution in [0.4, 0.5) is 17.6 Å². The average Bonchev–Trinajstić information content (AvgIpc) is 2.19. The first-order chi connectivity index (χ1) is 7.75. The number of Topliss-reactive ketones (excluding diaryl/α,β-unsaturated/α-hetero) is 1. The number of ketones is 1. The Balaban J connectivity index is 3.10. The molecule has 1 rings (SSSR count). The number of carbonyl (C=O) groups excluding carboxylic acids is 1. The molecule has 0 radical (unpaired) electrons. The fourth-order valence-corrected chi connectivity index (χ4v) is 1.35. The average molecular weight is 250 g/mol. The molecular weight excluding hydrogens is 240 g/mol. The van der Waals surface area contributed by atoms with E-state index in [1.54, 1.807) is 6.92 Å². The maximum atomic E-state index is 13.4. The summed E-state index contributed by atoms with van der Waals surface area (Å²) in [4.78, 5) is 10.8. The van der Waals surface area contributed by atoms with E-state index in [-0.39, 0.29) is 11.3 Å². The number of methoxy groups -OCH3 is 1. The highest BCUT2D eigenvalue weighted by atomic mass is 19.4. The molecule has 0 aliphatic heterocycles. The second-order valence-corrected chi connectivity index (χ2v) is 3.53. The smallest absolute Gasteiger partial charge is 0.450 e. The monoisotopic (exact) mass is 250 g/mol. The fourth-order valence-electron chi connectivity index (χ4n) is 1.35. The molecule has 0 heterocycles. The summed E-state index contributed by atoms with van der Waals surface area (Å²) < 4.78 is 54.4. The van der Waals surface area contributed by atoms with Crippen LogP contribution in [0.15, 0.2) is 12.1 Å². The predicted octanol–water partition coefficient (Wildman–Crippen LogP) is 2.82. The Morgan fingerprint density at radius 3 is 2.41 bits per heavy atom. The van der Waals surface area contributed by atoms with Crippen molar-refractivity contribution < 1.29 is 27.1 Å². The number of ether oxygens (including phenoxy) is 1. The fraction of sp³-hybridized carbons (Fsp3) is 0.364. The minimum atomic E-state index is -4.97. The molecule has 0 fully saturated rings. The summed E-state index contributed by atoms with van der Waals surface area (Å²) in [5.74, 6) is -2.93. The molecule has 1 aromatic rings. The summed E-state index contributed by atoms with van der Waals surface area (Å²) in [7, 11) is 1.20. The van der Waals surface area contributed by atoms with Gasteiger partial charge in [-0.25, -0.2) is 4.39 Å². The summed E-state index contributed by atoms with van der Waals surface area (Å²) >= 11 is 0. The van der Waals surface area contributed by atoms with Crippen LogP contribution in [0.5, 0.6) is 5.75 Å². The van der Waals surface area contributed by atoms with Crippen LogP contribution in [0.3, 0.4) is 0 Å². The minimum absolute atomic E-state index is 0.0555. The van der Waals surface area contributed by atoms with Crippen LogP contribution < -0.4 is 4.74 Å². The zero-order chi connectivity index (χ0) is 13.2. The lowest BCUT2D eigenvalue weighted by molar-refractivity contribution is -0.170. The van der Waals surface area contributed by atoms with Gasteiger partial charge in [0.15, 0.2) is 0 Å². The topological polar surface area (TPSA) is 26.3 Å². The van der Waals surface area contributed by atoms with Gasteiger partial charge in [0.05, 0.1) is 7.11 Å². The van der Waals surface area contributed by atoms with E-state index in [1.165, 1.54) is 13.2 Å². The lowest BCUT2D eigenvalue weighted by Crippen LogP contribution is -2.25. The zero-order valence-corrected chi connectivity index (χ0v) is 9.19. The number of benzene rings is 1. The lowest BCUT2D eigenvalue weighted by atomic mass is 10.0. The van der Waals surface area contributed by atoms with Gasteiger partial charge >= 0.3 is 6.18 Å². The first-order valence-corrected chi connectivity index (χ1v) is 4.68. The summed E-state index contributed by atoms with van der Waals surface area (Å²) in [6.07, 6.45) is -6.03. The highest BCUT2D eigenvalue weighted by molar-refractivity contribution is 5.86. The third-order valence-corrected chi connectivity index (χ3v) is 2.17. The van der Waals surface area contributed by atoms with Gasteiger partial charge in [-0.15, -0.1) is 0 Å². The number of hydrogen-bond donors (Lipinski definition) is 0. The van der Waals surface area contributed by atoms with Gasteiger partial charge in [-0.1, -0.05) is 0 Å². The van der Waals surface area contributed by atoms with E-state index in [9.17, 15) is 22.4 Å². The van der Waals surface area contributed by atoms with Crippen LogP contribution in [0.1, 0.15) is 11.1 Å². The number of halogens is 4. The molecule has 0 aromatic heterocycles. The summed E-state index contributed by atoms with van der Waals surface area (Å²) in [5, 5.41) is 0. The molecule has 2 nitrogen and oxygen atoms in total. The van der Waals surface area contributed by atoms with E-state index < -0.39 is 24.2 Å². The number of alkyl halides is 3. The maximum Gasteiger partial charge on any atom is 0.450 e. The maximum absolute atomic E-state index is 13.4. The number of aryl methyl sites for hydroxylation is 1. The van der Waals surface area contributed by atoms with Gasteiger partial charge in [-0.3, -0.25) is 4.79 Å². The van der Waals surface area contributed by atoms with Crippen LogP contribution in [0, 0.1) is 12.7 Å². The Morgan fingerprint density at radius 1 is 1.35 bits per heavy atom. The molecule has 0 aliphatic carbocycles. The minimum Gasteiger partial charge on any atom is -0.496 e. The van der Waals surface area contributed by atoms with Crippen molar-refractivity contribution in [3.05, 3.63) is 29.1 Å². The second kappa shape index (κ2) is 4.73. The molecule has 17 heavy (non-hydrogen) atoms. The summed E-state index contributed by atoms with van der Waals surface area (Å²) in [5.41, 5.74) is 0.128. The van der Waals surface area contributed by atoms with Crippen LogP contribution in [0.2, 0.25) is 0 Å². The first kappa shape index (κ1) is 13.5. The Bertz CT molecular complexity index is 438. The lowest BCUT2D eigenvalue weighted by Gasteiger charge is -2.11. The van der Waals surface area contributed by atoms with Gasteiger partial charge in [0.1, 0.15) is 11.6 Å². The highest BCUT2D eigenvalue weighted by Gasteiger charge is 2.38. The van der Waals surface area contributed by atoms with Crippen molar-refractivity contribution >= 4 is 5.78 Å². The second-order valence-electron chi connectivity index (χ2n) is 3.53. The van der Waals surface area contributed by atoms with E-state index in [1.807, 2.05) is 0 Å². The van der Waals surface area contributed by atoms with Gasteiger partial charge in [0, 0.05) is 12.0 Å². The number of carbonyl (C=O) groups is 1. The third kappa shape index (κ3) is 3.18. The zero-order valence-electron chi connectivity index (χ0n) is 9.19. The van der Waals surface area contributed by atoms with Crippen LogP contribution in [-0.4, -0.2) is 19.1 Å². The molecule has 6 heteroatoms. The van der Waals surface area contributed by atoms with Crippen molar-refractivity contribution in [2.24, 2.45) is 0 Å². The van der Waals surface area contributed by atoms with Crippen LogP contribution in [0.25, 0.3) is 0 Å². The van der Waals surface area contributed by atoms with Gasteiger partial charge in [0.2, 0.25) is 5.78 Å². The molecule has 0 bridgehead atoms. The Labute approximate surface area is 95.2 Å². The van der Waals surface area contributed by atoms with Crippen molar-refractivity contribution in [2.45, 2.75) is 19.5 Å². The van der Waals surface area contributed by atoms with Crippen molar-refractivity contribution in [2.75, 3.05) is 7.11 Å². The van der Waals surface area contributed by atoms with Gasteiger partial charge in [0.25, 0.3) is 0 Å². The molecule has 0 spiro atoms. The molecular formula is C11H10F4O2. The van der Waals surface area contributed by atoms with E-state index in [4.69, 9.17) is 4.74 Å². The molecule has 1 aromatic carbocycles. The van der Waals surface area contributed by atoms with Crippen molar-refractivity contribution in [1.82, 2.24) is 0 Å². The standard InChI is InChI=1S/C11H10F4O2/c1-6-3-8(12)7(9(4-6)17-2)5-10(16)11(13,14)15/h3-4H,5H2,1-2H3. The Kier molecular flexibility index (Phi) is 3.75. The highest BCUT2D eigenvalue weighted by Crippen LogP contribution is 2.27. The predicted molar refractivity (Wildman–Crippen MR) is 52.5 cm³/mol. The number of rotatable bonds is 3. The van der Waals surface area contributed by atoms with Crippen molar-refractivity contribution in [3.8, 4) is 5.75 Å². The van der Waals surface area contributed by atoms with E-state index in [2.05, 4.69) is 0 Å². The molecule has 0 saturated heterocycles. The van der Waals surface area contributed by atoms with Crippen LogP contribution in [-0.2, 0) is 11.2 Å². The quantitative estimate of drug-likeness (QED) is 0.771. The van der Waals surface area contributed by atoms with E-state index >= 15 is 0 Å². The molecule has 0 N–H and O–H groups in total. The molecule has 94 valence electrons.